The van der Waals surface area contributed by atoms with Crippen LogP contribution in [0.5, 0.6) is 0 Å². The fraction of sp³-hybridized carbons (Fsp3) is 0.462. The molecule has 2 aromatic rings. The number of aromatic nitrogens is 2. The minimum absolute atomic E-state index is 0.0724. The van der Waals surface area contributed by atoms with Crippen LogP contribution in [0.4, 0.5) is 5.82 Å². The van der Waals surface area contributed by atoms with Gasteiger partial charge in [-0.2, -0.15) is 5.10 Å². The Morgan fingerprint density at radius 2 is 1.97 bits per heavy atom. The second kappa shape index (κ2) is 8.37. The average Bonchev–Trinajstić information content (AvgIpc) is 3.24. The van der Waals surface area contributed by atoms with E-state index in [1.54, 1.807) is 6.20 Å². The average molecular weight is 419 g/mol. The van der Waals surface area contributed by atoms with Crippen LogP contribution >= 0.6 is 0 Å². The maximum Gasteiger partial charge on any atom is 0.257 e. The van der Waals surface area contributed by atoms with Crippen LogP contribution in [0.1, 0.15) is 69.3 Å². The highest BCUT2D eigenvalue weighted by atomic mass is 16.1. The van der Waals surface area contributed by atoms with E-state index >= 15 is 0 Å². The number of hydrogen-bond donors (Lipinski definition) is 2. The van der Waals surface area contributed by atoms with Crippen LogP contribution in [0.2, 0.25) is 0 Å². The Labute approximate surface area is 185 Å². The molecule has 5 heteroatoms. The molecule has 0 bridgehead atoms. The smallest absolute Gasteiger partial charge is 0.257 e. The number of allylic oxidation sites excluding steroid dienone is 3. The molecule has 0 fully saturated rings. The maximum absolute atomic E-state index is 13.5. The molecule has 4 rings (SSSR count). The van der Waals surface area contributed by atoms with Gasteiger partial charge < -0.3 is 10.6 Å². The number of nitrogens with one attached hydrogen (secondary N) is 2. The van der Waals surface area contributed by atoms with E-state index in [0.717, 1.165) is 37.1 Å². The summed E-state index contributed by atoms with van der Waals surface area (Å²) in [5.74, 6) is 1.17. The largest absolute Gasteiger partial charge is 0.366 e. The van der Waals surface area contributed by atoms with Crippen molar-refractivity contribution in [3.63, 3.8) is 0 Å². The number of hydrogen-bond acceptors (Lipinski definition) is 3. The van der Waals surface area contributed by atoms with E-state index in [1.807, 2.05) is 22.9 Å². The summed E-state index contributed by atoms with van der Waals surface area (Å²) in [6.07, 6.45) is 14.1. The summed E-state index contributed by atoms with van der Waals surface area (Å²) >= 11 is 0. The summed E-state index contributed by atoms with van der Waals surface area (Å²) in [6.45, 7) is 8.66. The van der Waals surface area contributed by atoms with E-state index in [4.69, 9.17) is 0 Å². The van der Waals surface area contributed by atoms with E-state index in [-0.39, 0.29) is 17.5 Å². The molecule has 1 amide bonds. The Hall–Kier alpha value is -2.82. The molecule has 1 aliphatic heterocycles. The van der Waals surface area contributed by atoms with Gasteiger partial charge >= 0.3 is 0 Å². The quantitative estimate of drug-likeness (QED) is 0.662. The molecule has 0 radical (unpaired) electrons. The van der Waals surface area contributed by atoms with Crippen molar-refractivity contribution in [2.45, 2.75) is 70.5 Å². The standard InChI is InChI=1S/C26H34N4O/c1-5-26(6-2,20-15-11-8-12-16-20)29-24(31)21-18-27-30-23(21)28-22(17-25(30,3)4)19-13-9-7-10-14-19/h7-13,15-16,18-19,22,28H,5-6,14,17H2,1-4H3,(H,29,31)/t19?,22-/m1/s1. The van der Waals surface area contributed by atoms with Gasteiger partial charge in [-0.3, -0.25) is 4.79 Å². The number of anilines is 1. The molecule has 0 saturated carbocycles. The Morgan fingerprint density at radius 1 is 1.23 bits per heavy atom. The number of carbonyl (C=O) groups excluding carboxylic acids is 1. The van der Waals surface area contributed by atoms with Crippen molar-refractivity contribution < 1.29 is 4.79 Å². The predicted octanol–water partition coefficient (Wildman–Crippen LogP) is 5.38. The Kier molecular flexibility index (Phi) is 5.78. The lowest BCUT2D eigenvalue weighted by molar-refractivity contribution is 0.0889. The van der Waals surface area contributed by atoms with Crippen molar-refractivity contribution in [2.24, 2.45) is 5.92 Å². The fourth-order valence-electron chi connectivity index (χ4n) is 5.07. The molecule has 0 spiro atoms. The Balaban J connectivity index is 1.64. The summed E-state index contributed by atoms with van der Waals surface area (Å²) in [5.41, 5.74) is 1.20. The third kappa shape index (κ3) is 3.93. The van der Waals surface area contributed by atoms with Crippen molar-refractivity contribution >= 4 is 11.7 Å². The molecule has 2 heterocycles. The molecule has 2 N–H and O–H groups in total. The first-order valence-electron chi connectivity index (χ1n) is 11.5. The summed E-state index contributed by atoms with van der Waals surface area (Å²) in [4.78, 5) is 13.5. The molecule has 0 saturated heterocycles. The van der Waals surface area contributed by atoms with E-state index in [0.29, 0.717) is 11.5 Å². The number of benzene rings is 1. The van der Waals surface area contributed by atoms with Gasteiger partial charge in [-0.15, -0.1) is 0 Å². The molecule has 2 atom stereocenters. The molecule has 1 unspecified atom stereocenters. The molecule has 1 aromatic heterocycles. The lowest BCUT2D eigenvalue weighted by atomic mass is 9.82. The zero-order valence-corrected chi connectivity index (χ0v) is 19.1. The normalized spacial score (nSPS) is 21.9. The topological polar surface area (TPSA) is 59.0 Å². The van der Waals surface area contributed by atoms with Crippen LogP contribution in [0, 0.1) is 5.92 Å². The van der Waals surface area contributed by atoms with Crippen LogP contribution in [0.15, 0.2) is 60.8 Å². The maximum atomic E-state index is 13.5. The molecule has 31 heavy (non-hydrogen) atoms. The number of fused-ring (bicyclic) bond motifs is 1. The van der Waals surface area contributed by atoms with Crippen LogP contribution in [0.3, 0.4) is 0 Å². The van der Waals surface area contributed by atoms with E-state index in [9.17, 15) is 4.79 Å². The highest BCUT2D eigenvalue weighted by Crippen LogP contribution is 2.38. The van der Waals surface area contributed by atoms with Crippen molar-refractivity contribution in [3.05, 3.63) is 72.0 Å². The van der Waals surface area contributed by atoms with Gasteiger partial charge in [0.2, 0.25) is 0 Å². The molecule has 2 aliphatic rings. The third-order valence-electron chi connectivity index (χ3n) is 7.05. The van der Waals surface area contributed by atoms with E-state index < -0.39 is 5.54 Å². The first kappa shape index (κ1) is 21.4. The molecular formula is C26H34N4O. The van der Waals surface area contributed by atoms with Gasteiger partial charge in [-0.1, -0.05) is 68.5 Å². The minimum Gasteiger partial charge on any atom is -0.366 e. The lowest BCUT2D eigenvalue weighted by Gasteiger charge is -2.41. The van der Waals surface area contributed by atoms with Gasteiger partial charge in [0.15, 0.2) is 0 Å². The lowest BCUT2D eigenvalue weighted by Crippen LogP contribution is -2.47. The van der Waals surface area contributed by atoms with Crippen molar-refractivity contribution in [2.75, 3.05) is 5.32 Å². The number of rotatable bonds is 6. The van der Waals surface area contributed by atoms with E-state index in [2.05, 4.69) is 79.9 Å². The summed E-state index contributed by atoms with van der Waals surface area (Å²) in [7, 11) is 0. The van der Waals surface area contributed by atoms with Gasteiger partial charge in [0.05, 0.1) is 17.3 Å². The van der Waals surface area contributed by atoms with Crippen molar-refractivity contribution in [1.29, 1.82) is 0 Å². The van der Waals surface area contributed by atoms with Crippen LogP contribution in [-0.4, -0.2) is 21.7 Å². The minimum atomic E-state index is -0.395. The predicted molar refractivity (Wildman–Crippen MR) is 126 cm³/mol. The number of nitrogens with zero attached hydrogens (tertiary/aromatic N) is 2. The van der Waals surface area contributed by atoms with Crippen LogP contribution in [-0.2, 0) is 11.1 Å². The summed E-state index contributed by atoms with van der Waals surface area (Å²) in [6, 6.07) is 10.5. The van der Waals surface area contributed by atoms with Crippen LogP contribution in [0.25, 0.3) is 0 Å². The third-order valence-corrected chi connectivity index (χ3v) is 7.05. The highest BCUT2D eigenvalue weighted by Gasteiger charge is 2.39. The second-order valence-corrected chi connectivity index (χ2v) is 9.41. The zero-order valence-electron chi connectivity index (χ0n) is 19.1. The van der Waals surface area contributed by atoms with Gasteiger partial charge in [-0.05, 0) is 45.1 Å². The van der Waals surface area contributed by atoms with Crippen LogP contribution < -0.4 is 10.6 Å². The Bertz CT molecular complexity index is 982. The molecule has 164 valence electrons. The number of amides is 1. The fourth-order valence-corrected chi connectivity index (χ4v) is 5.07. The SMILES string of the molecule is CCC(CC)(NC(=O)c1cnn2c1N[C@@H](C1C=CC=CC1)CC2(C)C)c1ccccc1. The molecule has 5 nitrogen and oxygen atoms in total. The van der Waals surface area contributed by atoms with Gasteiger partial charge in [0, 0.05) is 12.0 Å². The molecular weight excluding hydrogens is 384 g/mol. The second-order valence-electron chi connectivity index (χ2n) is 9.41. The Morgan fingerprint density at radius 3 is 2.61 bits per heavy atom. The van der Waals surface area contributed by atoms with Crippen molar-refractivity contribution in [3.8, 4) is 0 Å². The van der Waals surface area contributed by atoms with Gasteiger partial charge in [-0.25, -0.2) is 4.68 Å². The van der Waals surface area contributed by atoms with Crippen molar-refractivity contribution in [1.82, 2.24) is 15.1 Å². The number of carbonyl (C=O) groups is 1. The zero-order chi connectivity index (χ0) is 22.1. The van der Waals surface area contributed by atoms with Gasteiger partial charge in [0.25, 0.3) is 5.91 Å². The monoisotopic (exact) mass is 418 g/mol. The first-order valence-corrected chi connectivity index (χ1v) is 11.5. The first-order chi connectivity index (χ1) is 14.9. The van der Waals surface area contributed by atoms with E-state index in [1.165, 1.54) is 0 Å². The molecule has 1 aliphatic carbocycles. The summed E-state index contributed by atoms with van der Waals surface area (Å²) < 4.78 is 1.99. The highest BCUT2D eigenvalue weighted by molar-refractivity contribution is 5.99. The summed E-state index contributed by atoms with van der Waals surface area (Å²) in [5, 5.41) is 11.7. The molecule has 1 aromatic carbocycles. The van der Waals surface area contributed by atoms with Gasteiger partial charge in [0.1, 0.15) is 11.4 Å².